The maximum atomic E-state index is 12.2. The van der Waals surface area contributed by atoms with Gasteiger partial charge in [-0.05, 0) is 18.3 Å². The van der Waals surface area contributed by atoms with Crippen LogP contribution >= 0.6 is 0 Å². The fourth-order valence-electron chi connectivity index (χ4n) is 2.86. The molecule has 1 saturated carbocycles. The first-order valence-corrected chi connectivity index (χ1v) is 8.15. The molecule has 0 aromatic heterocycles. The fourth-order valence-corrected chi connectivity index (χ4v) is 2.86. The van der Waals surface area contributed by atoms with Gasteiger partial charge in [0.2, 0.25) is 11.8 Å². The van der Waals surface area contributed by atoms with Gasteiger partial charge in [0.15, 0.2) is 0 Å². The van der Waals surface area contributed by atoms with Gasteiger partial charge in [-0.2, -0.15) is 0 Å². The Morgan fingerprint density at radius 1 is 1.17 bits per heavy atom. The van der Waals surface area contributed by atoms with Gasteiger partial charge in [-0.3, -0.25) is 9.59 Å². The van der Waals surface area contributed by atoms with E-state index in [1.165, 1.54) is 6.42 Å². The Bertz CT molecular complexity index is 439. The van der Waals surface area contributed by atoms with Crippen LogP contribution in [0.5, 0.6) is 0 Å². The Hall–Kier alpha value is -1.79. The molecule has 0 heterocycles. The Kier molecular flexibility index (Phi) is 6.84. The standard InChI is InChI=1S/C16H29N3O4/c1-16(2,3)13(18-15(22)23)14(21)17-10-12(20)19(4)11-8-6-5-7-9-11/h11,13,18H,5-10H2,1-4H3,(H,17,21)(H,22,23)/t13-/m1/s1. The van der Waals surface area contributed by atoms with Crippen molar-refractivity contribution in [2.45, 2.75) is 65.0 Å². The van der Waals surface area contributed by atoms with E-state index in [4.69, 9.17) is 5.11 Å². The van der Waals surface area contributed by atoms with Gasteiger partial charge < -0.3 is 20.6 Å². The third-order valence-corrected chi connectivity index (χ3v) is 4.33. The second-order valence-corrected chi connectivity index (χ2v) is 7.26. The number of hydrogen-bond donors (Lipinski definition) is 3. The summed E-state index contributed by atoms with van der Waals surface area (Å²) >= 11 is 0. The average molecular weight is 327 g/mol. The summed E-state index contributed by atoms with van der Waals surface area (Å²) in [5.74, 6) is -0.626. The Balaban J connectivity index is 2.55. The molecule has 0 aliphatic heterocycles. The first-order chi connectivity index (χ1) is 10.6. The zero-order chi connectivity index (χ0) is 17.6. The third-order valence-electron chi connectivity index (χ3n) is 4.33. The topological polar surface area (TPSA) is 98.7 Å². The van der Waals surface area contributed by atoms with Crippen LogP contribution < -0.4 is 10.6 Å². The van der Waals surface area contributed by atoms with E-state index in [9.17, 15) is 14.4 Å². The molecule has 0 spiro atoms. The van der Waals surface area contributed by atoms with Crippen molar-refractivity contribution in [2.75, 3.05) is 13.6 Å². The summed E-state index contributed by atoms with van der Waals surface area (Å²) in [6.07, 6.45) is 4.21. The van der Waals surface area contributed by atoms with E-state index >= 15 is 0 Å². The van der Waals surface area contributed by atoms with Crippen LogP contribution in [0.1, 0.15) is 52.9 Å². The molecule has 1 aliphatic rings. The molecule has 23 heavy (non-hydrogen) atoms. The zero-order valence-electron chi connectivity index (χ0n) is 14.5. The first kappa shape index (κ1) is 19.3. The normalized spacial score (nSPS) is 17.2. The number of nitrogens with one attached hydrogen (secondary N) is 2. The monoisotopic (exact) mass is 327 g/mol. The smallest absolute Gasteiger partial charge is 0.405 e. The maximum Gasteiger partial charge on any atom is 0.405 e. The minimum atomic E-state index is -1.26. The molecule has 3 N–H and O–H groups in total. The molecule has 1 rings (SSSR count). The lowest BCUT2D eigenvalue weighted by atomic mass is 9.86. The lowest BCUT2D eigenvalue weighted by molar-refractivity contribution is -0.135. The maximum absolute atomic E-state index is 12.2. The molecular weight excluding hydrogens is 298 g/mol. The molecule has 7 nitrogen and oxygen atoms in total. The van der Waals surface area contributed by atoms with Crippen molar-refractivity contribution in [1.29, 1.82) is 0 Å². The number of likely N-dealkylation sites (N-methyl/N-ethyl adjacent to an activating group) is 1. The van der Waals surface area contributed by atoms with Crippen LogP contribution in [-0.2, 0) is 9.59 Å². The van der Waals surface area contributed by atoms with Crippen molar-refractivity contribution < 1.29 is 19.5 Å². The van der Waals surface area contributed by atoms with Crippen LogP contribution in [0.2, 0.25) is 0 Å². The van der Waals surface area contributed by atoms with Gasteiger partial charge in [-0.15, -0.1) is 0 Å². The van der Waals surface area contributed by atoms with Crippen LogP contribution in [0.25, 0.3) is 0 Å². The molecule has 0 saturated heterocycles. The van der Waals surface area contributed by atoms with Crippen molar-refractivity contribution >= 4 is 17.9 Å². The number of hydrogen-bond acceptors (Lipinski definition) is 3. The van der Waals surface area contributed by atoms with Crippen molar-refractivity contribution in [3.63, 3.8) is 0 Å². The van der Waals surface area contributed by atoms with Crippen LogP contribution in [0, 0.1) is 5.41 Å². The number of amides is 3. The van der Waals surface area contributed by atoms with Crippen molar-refractivity contribution in [1.82, 2.24) is 15.5 Å². The van der Waals surface area contributed by atoms with E-state index in [0.717, 1.165) is 25.7 Å². The molecule has 1 fully saturated rings. The minimum Gasteiger partial charge on any atom is -0.465 e. The fraction of sp³-hybridized carbons (Fsp3) is 0.812. The molecule has 0 bridgehead atoms. The van der Waals surface area contributed by atoms with Crippen molar-refractivity contribution in [2.24, 2.45) is 5.41 Å². The number of carboxylic acid groups (broad SMARTS) is 1. The molecule has 0 aromatic carbocycles. The predicted molar refractivity (Wildman–Crippen MR) is 87.1 cm³/mol. The second kappa shape index (κ2) is 8.17. The van der Waals surface area contributed by atoms with Gasteiger partial charge in [0.05, 0.1) is 6.54 Å². The molecule has 1 atom stereocenters. The molecule has 0 unspecified atom stereocenters. The van der Waals surface area contributed by atoms with Gasteiger partial charge in [-0.1, -0.05) is 40.0 Å². The van der Waals surface area contributed by atoms with E-state index in [2.05, 4.69) is 10.6 Å². The summed E-state index contributed by atoms with van der Waals surface area (Å²) in [5, 5.41) is 13.6. The zero-order valence-corrected chi connectivity index (χ0v) is 14.5. The van der Waals surface area contributed by atoms with Crippen LogP contribution in [0.3, 0.4) is 0 Å². The quantitative estimate of drug-likeness (QED) is 0.714. The lowest BCUT2D eigenvalue weighted by Crippen LogP contribution is -2.55. The van der Waals surface area contributed by atoms with Gasteiger partial charge >= 0.3 is 6.09 Å². The summed E-state index contributed by atoms with van der Waals surface area (Å²) < 4.78 is 0. The van der Waals surface area contributed by atoms with E-state index in [1.807, 2.05) is 0 Å². The number of rotatable bonds is 5. The minimum absolute atomic E-state index is 0.111. The molecule has 0 radical (unpaired) electrons. The summed E-state index contributed by atoms with van der Waals surface area (Å²) in [6, 6.07) is -0.670. The Morgan fingerprint density at radius 3 is 2.22 bits per heavy atom. The average Bonchev–Trinajstić information content (AvgIpc) is 2.48. The number of carbonyl (C=O) groups is 3. The summed E-state index contributed by atoms with van der Waals surface area (Å²) in [5.41, 5.74) is -0.583. The molecule has 132 valence electrons. The van der Waals surface area contributed by atoms with Crippen LogP contribution in [0.15, 0.2) is 0 Å². The Morgan fingerprint density at radius 2 is 1.74 bits per heavy atom. The van der Waals surface area contributed by atoms with Crippen LogP contribution in [0.4, 0.5) is 4.79 Å². The summed E-state index contributed by atoms with van der Waals surface area (Å²) in [6.45, 7) is 5.19. The van der Waals surface area contributed by atoms with E-state index in [0.29, 0.717) is 0 Å². The highest BCUT2D eigenvalue weighted by Gasteiger charge is 2.33. The largest absolute Gasteiger partial charge is 0.465 e. The van der Waals surface area contributed by atoms with Crippen molar-refractivity contribution in [3.05, 3.63) is 0 Å². The summed E-state index contributed by atoms with van der Waals surface area (Å²) in [7, 11) is 1.77. The SMILES string of the molecule is CN(C(=O)CNC(=O)[C@@H](NC(=O)O)C(C)(C)C)C1CCCCC1. The second-order valence-electron chi connectivity index (χ2n) is 7.26. The highest BCUT2D eigenvalue weighted by atomic mass is 16.4. The lowest BCUT2D eigenvalue weighted by Gasteiger charge is -2.32. The van der Waals surface area contributed by atoms with Crippen LogP contribution in [-0.4, -0.2) is 53.6 Å². The van der Waals surface area contributed by atoms with E-state index in [1.54, 1.807) is 32.7 Å². The Labute approximate surface area is 137 Å². The van der Waals surface area contributed by atoms with E-state index < -0.39 is 23.5 Å². The van der Waals surface area contributed by atoms with Gasteiger partial charge in [0, 0.05) is 13.1 Å². The molecular formula is C16H29N3O4. The predicted octanol–water partition coefficient (Wildman–Crippen LogP) is 1.58. The van der Waals surface area contributed by atoms with E-state index in [-0.39, 0.29) is 18.5 Å². The summed E-state index contributed by atoms with van der Waals surface area (Å²) in [4.78, 5) is 37.0. The highest BCUT2D eigenvalue weighted by molar-refractivity contribution is 5.89. The van der Waals surface area contributed by atoms with Gasteiger partial charge in [0.25, 0.3) is 0 Å². The van der Waals surface area contributed by atoms with Gasteiger partial charge in [0.1, 0.15) is 6.04 Å². The first-order valence-electron chi connectivity index (χ1n) is 8.15. The molecule has 0 aromatic rings. The number of nitrogens with zero attached hydrogens (tertiary/aromatic N) is 1. The third kappa shape index (κ3) is 6.08. The highest BCUT2D eigenvalue weighted by Crippen LogP contribution is 2.22. The molecule has 1 aliphatic carbocycles. The molecule has 3 amide bonds. The molecule has 7 heteroatoms. The van der Waals surface area contributed by atoms with Gasteiger partial charge in [-0.25, -0.2) is 4.79 Å². The van der Waals surface area contributed by atoms with Crippen molar-refractivity contribution in [3.8, 4) is 0 Å². The number of carbonyl (C=O) groups excluding carboxylic acids is 2.